The van der Waals surface area contributed by atoms with Crippen LogP contribution in [-0.4, -0.2) is 25.6 Å². The summed E-state index contributed by atoms with van der Waals surface area (Å²) in [5, 5.41) is 0. The molecule has 0 aromatic heterocycles. The molecule has 0 aromatic rings. The van der Waals surface area contributed by atoms with Gasteiger partial charge in [0, 0.05) is 10.2 Å². The van der Waals surface area contributed by atoms with E-state index in [1.54, 1.807) is 0 Å². The van der Waals surface area contributed by atoms with E-state index in [0.29, 0.717) is 10.2 Å². The normalized spacial score (nSPS) is 19.5. The van der Waals surface area contributed by atoms with Crippen LogP contribution in [-0.2, 0) is 0 Å². The van der Waals surface area contributed by atoms with E-state index in [-0.39, 0.29) is 0 Å². The molecule has 0 aliphatic heterocycles. The summed E-state index contributed by atoms with van der Waals surface area (Å²) in [6.45, 7) is 0. The molecule has 0 rings (SSSR count). The molecule has 0 aliphatic carbocycles. The third kappa shape index (κ3) is 2.90. The Morgan fingerprint density at radius 1 is 1.00 bits per heavy atom. The monoisotopic (exact) mass is 294 g/mol. The van der Waals surface area contributed by atoms with Crippen LogP contribution in [0.5, 0.6) is 0 Å². The predicted octanol–water partition coefficient (Wildman–Crippen LogP) is 1.89. The first-order valence-corrected chi connectivity index (χ1v) is 8.81. The van der Waals surface area contributed by atoms with E-state index in [9.17, 15) is 0 Å². The summed E-state index contributed by atoms with van der Waals surface area (Å²) in [5.41, 5.74) is 0. The maximum Gasteiger partial charge on any atom is 0.257 e. The van der Waals surface area contributed by atoms with Crippen LogP contribution < -0.4 is 0 Å². The molecule has 0 amide bonds. The van der Waals surface area contributed by atoms with Gasteiger partial charge in [-0.15, -0.1) is 33.8 Å². The molecular weight excluding hydrogens is 293 g/mol. The van der Waals surface area contributed by atoms with E-state index in [2.05, 4.69) is 0 Å². The molecule has 0 nitrogen and oxygen atoms in total. The van der Waals surface area contributed by atoms with E-state index in [1.165, 1.54) is 0 Å². The molecule has 0 saturated heterocycles. The molecule has 0 heterocycles. The Balaban J connectivity index is 4.40. The van der Waals surface area contributed by atoms with Crippen molar-refractivity contribution in [3.63, 3.8) is 0 Å². The predicted molar refractivity (Wildman–Crippen MR) is 57.7 cm³/mol. The molecule has 62 valence electrons. The first-order valence-electron chi connectivity index (χ1n) is 2.23. The first-order chi connectivity index (χ1) is 4.19. The Bertz CT molecular complexity index is 115. The Kier molecular flexibility index (Phi) is 4.77. The molecule has 0 fully saturated rings. The highest BCUT2D eigenvalue weighted by atomic mass is 35.7. The van der Waals surface area contributed by atoms with Crippen LogP contribution in [0.3, 0.4) is 0 Å². The van der Waals surface area contributed by atoms with Crippen molar-refractivity contribution >= 4 is 86.2 Å². The highest BCUT2D eigenvalue weighted by Gasteiger charge is 2.48. The lowest BCUT2D eigenvalue weighted by molar-refractivity contribution is 1.09. The van der Waals surface area contributed by atoms with Gasteiger partial charge in [0.15, 0.2) is 0 Å². The maximum atomic E-state index is 5.81. The van der Waals surface area contributed by atoms with Crippen molar-refractivity contribution in [3.8, 4) is 0 Å². The molecule has 0 radical (unpaired) electrons. The first kappa shape index (κ1) is 12.2. The highest BCUT2D eigenvalue weighted by Crippen LogP contribution is 2.43. The minimum absolute atomic E-state index is 0.459. The van der Waals surface area contributed by atoms with E-state index >= 15 is 0 Å². The summed E-state index contributed by atoms with van der Waals surface area (Å²) in [4.78, 5) is 0. The van der Waals surface area contributed by atoms with E-state index < -0.39 is 15.3 Å². The molecule has 0 aliphatic rings. The van der Waals surface area contributed by atoms with Crippen LogP contribution in [0.2, 0.25) is 0 Å². The minimum Gasteiger partial charge on any atom is -0.149 e. The number of hydrogen-bond donors (Lipinski definition) is 0. The summed E-state index contributed by atoms with van der Waals surface area (Å²) < 4.78 is -2.53. The van der Waals surface area contributed by atoms with Gasteiger partial charge in [0.25, 0.3) is 7.42 Å². The molecule has 0 saturated carbocycles. The molecule has 0 N–H and O–H groups in total. The van der Waals surface area contributed by atoms with Crippen LogP contribution in [0.15, 0.2) is 0 Å². The molecule has 0 bridgehead atoms. The smallest absolute Gasteiger partial charge is 0.149 e. The second-order valence-electron chi connectivity index (χ2n) is 1.87. The average molecular weight is 297 g/mol. The second-order valence-corrected chi connectivity index (χ2v) is 13.7. The van der Waals surface area contributed by atoms with E-state index in [0.717, 1.165) is 0 Å². The van der Waals surface area contributed by atoms with Gasteiger partial charge in [-0.2, -0.15) is 0 Å². The van der Waals surface area contributed by atoms with Gasteiger partial charge >= 0.3 is 0 Å². The van der Waals surface area contributed by atoms with Crippen molar-refractivity contribution < 1.29 is 0 Å². The zero-order valence-electron chi connectivity index (χ0n) is 4.85. The second kappa shape index (κ2) is 3.92. The lowest BCUT2D eigenvalue weighted by Gasteiger charge is -2.29. The average Bonchev–Trinajstić information content (AvgIpc) is 1.62. The van der Waals surface area contributed by atoms with Gasteiger partial charge in [-0.25, -0.2) is 0 Å². The van der Waals surface area contributed by atoms with Crippen LogP contribution in [0.4, 0.5) is 0 Å². The summed E-state index contributed by atoms with van der Waals surface area (Å²) >= 11 is 33.6. The SMILES string of the molecule is [SiH3]C(Cl)([SiH](Cl)Cl)C(Cl)(Cl)Cl. The van der Waals surface area contributed by atoms with Gasteiger partial charge in [0.2, 0.25) is 3.79 Å². The van der Waals surface area contributed by atoms with Crippen molar-refractivity contribution in [3.05, 3.63) is 0 Å². The lowest BCUT2D eigenvalue weighted by Crippen LogP contribution is -2.46. The van der Waals surface area contributed by atoms with E-state index in [4.69, 9.17) is 68.6 Å². The maximum absolute atomic E-state index is 5.81. The molecule has 0 aromatic carbocycles. The summed E-state index contributed by atoms with van der Waals surface area (Å²) in [6, 6.07) is 0. The molecule has 10 heavy (non-hydrogen) atoms. The molecule has 1 atom stereocenters. The number of alkyl halides is 4. The summed E-state index contributed by atoms with van der Waals surface area (Å²) in [5.74, 6) is 0. The van der Waals surface area contributed by atoms with Crippen molar-refractivity contribution in [2.24, 2.45) is 0 Å². The van der Waals surface area contributed by atoms with Crippen LogP contribution in [0.25, 0.3) is 0 Å². The van der Waals surface area contributed by atoms with Crippen molar-refractivity contribution in [2.45, 2.75) is 7.91 Å². The fraction of sp³-hybridized carbons (Fsp3) is 1.00. The van der Waals surface area contributed by atoms with Crippen molar-refractivity contribution in [2.75, 3.05) is 0 Å². The van der Waals surface area contributed by atoms with Gasteiger partial charge in [-0.05, 0) is 0 Å². The van der Waals surface area contributed by atoms with Crippen molar-refractivity contribution in [1.82, 2.24) is 0 Å². The number of hydrogen-bond acceptors (Lipinski definition) is 0. The van der Waals surface area contributed by atoms with Gasteiger partial charge in [0.1, 0.15) is 0 Å². The van der Waals surface area contributed by atoms with Crippen LogP contribution in [0.1, 0.15) is 0 Å². The molecular formula is C2H4Cl6Si2. The van der Waals surface area contributed by atoms with Gasteiger partial charge in [-0.1, -0.05) is 34.8 Å². The van der Waals surface area contributed by atoms with Crippen molar-refractivity contribution in [1.29, 1.82) is 0 Å². The molecule has 0 spiro atoms. The molecule has 8 heteroatoms. The largest absolute Gasteiger partial charge is 0.257 e. The van der Waals surface area contributed by atoms with E-state index in [1.807, 2.05) is 0 Å². The topological polar surface area (TPSA) is 0 Å². The Labute approximate surface area is 93.5 Å². The molecule has 1 unspecified atom stereocenters. The minimum atomic E-state index is -2.13. The zero-order chi connectivity index (χ0) is 8.58. The van der Waals surface area contributed by atoms with Gasteiger partial charge < -0.3 is 0 Å². The Hall–Kier alpha value is 2.17. The third-order valence-electron chi connectivity index (χ3n) is 0.964. The van der Waals surface area contributed by atoms with Crippen LogP contribution in [0, 0.1) is 0 Å². The highest BCUT2D eigenvalue weighted by molar-refractivity contribution is 7.39. The fourth-order valence-electron chi connectivity index (χ4n) is 0.124. The van der Waals surface area contributed by atoms with Gasteiger partial charge in [-0.3, -0.25) is 0 Å². The lowest BCUT2D eigenvalue weighted by atomic mass is 10.9. The quantitative estimate of drug-likeness (QED) is 0.394. The summed E-state index contributed by atoms with van der Waals surface area (Å²) in [7, 11) is -1.67. The Morgan fingerprint density at radius 2 is 1.30 bits per heavy atom. The Morgan fingerprint density at radius 3 is 1.30 bits per heavy atom. The standard InChI is InChI=1S/C2H4Cl6Si2/c3-1(4,5)2(6,9)10(7)8/h10H,9H3. The third-order valence-corrected chi connectivity index (χ3v) is 14.1. The zero-order valence-corrected chi connectivity index (χ0v) is 12.5. The number of rotatable bonds is 1. The fourth-order valence-corrected chi connectivity index (χ4v) is 3.34. The van der Waals surface area contributed by atoms with Crippen LogP contribution >= 0.6 is 68.6 Å². The summed E-state index contributed by atoms with van der Waals surface area (Å²) in [6.07, 6.45) is 0. The van der Waals surface area contributed by atoms with Gasteiger partial charge in [0.05, 0.1) is 4.12 Å². The number of halogens is 6.